The summed E-state index contributed by atoms with van der Waals surface area (Å²) in [5, 5.41) is 0. The van der Waals surface area contributed by atoms with E-state index >= 15 is 0 Å². The van der Waals surface area contributed by atoms with E-state index in [0.29, 0.717) is 6.42 Å². The molecule has 69 valence electrons. The fourth-order valence-electron chi connectivity index (χ4n) is 0.452. The Balaban J connectivity index is 3.94. The fraction of sp³-hybridized carbons (Fsp3) is 0.667. The Bertz CT molecular complexity index is 177. The molecule has 0 bridgehead atoms. The molecule has 0 heterocycles. The van der Waals surface area contributed by atoms with Crippen LogP contribution in [0.3, 0.4) is 0 Å². The Morgan fingerprint density at radius 2 is 1.83 bits per heavy atom. The van der Waals surface area contributed by atoms with Gasteiger partial charge in [-0.2, -0.15) is 0 Å². The third-order valence-corrected chi connectivity index (χ3v) is 1.20. The Labute approximate surface area is 73.1 Å². The van der Waals surface area contributed by atoms with Crippen LogP contribution in [-0.4, -0.2) is 11.9 Å². The van der Waals surface area contributed by atoms with Crippen molar-refractivity contribution in [2.24, 2.45) is 5.41 Å². The molecule has 0 aliphatic carbocycles. The van der Waals surface area contributed by atoms with Crippen LogP contribution in [0.15, 0.2) is 0 Å². The number of rotatable bonds is 2. The minimum absolute atomic E-state index is 0.196. The molecule has 0 fully saturated rings. The highest BCUT2D eigenvalue weighted by molar-refractivity contribution is 5.88. The van der Waals surface area contributed by atoms with Crippen LogP contribution >= 0.6 is 0 Å². The number of hydrogen-bond donors (Lipinski definition) is 0. The van der Waals surface area contributed by atoms with E-state index in [2.05, 4.69) is 11.7 Å². The quantitative estimate of drug-likeness (QED) is 0.469. The van der Waals surface area contributed by atoms with Crippen LogP contribution in [0, 0.1) is 12.3 Å². The van der Waals surface area contributed by atoms with Gasteiger partial charge in [0.25, 0.3) is 0 Å². The van der Waals surface area contributed by atoms with Gasteiger partial charge in [0, 0.05) is 6.42 Å². The molecule has 0 unspecified atom stereocenters. The molecule has 0 rings (SSSR count). The van der Waals surface area contributed by atoms with Crippen LogP contribution in [0.4, 0.5) is 0 Å². The second kappa shape index (κ2) is 4.24. The average Bonchev–Trinajstić information content (AvgIpc) is 1.85. The number of hydrogen-bond acceptors (Lipinski definition) is 3. The molecule has 1 radical (unpaired) electrons. The number of carbonyl (C=O) groups is 2. The van der Waals surface area contributed by atoms with Crippen LogP contribution in [0.1, 0.15) is 33.6 Å². The number of ether oxygens (including phenoxy) is 1. The van der Waals surface area contributed by atoms with Crippen molar-refractivity contribution in [3.05, 3.63) is 6.92 Å². The normalized spacial score (nSPS) is 11.0. The number of carbonyl (C=O) groups excluding carboxylic acids is 2. The van der Waals surface area contributed by atoms with Crippen LogP contribution in [0.25, 0.3) is 0 Å². The third kappa shape index (κ3) is 4.11. The van der Waals surface area contributed by atoms with Gasteiger partial charge >= 0.3 is 11.9 Å². The number of esters is 2. The van der Waals surface area contributed by atoms with Crippen molar-refractivity contribution in [3.63, 3.8) is 0 Å². The molecule has 0 aromatic heterocycles. The molecular formula is C9H15O3. The molecule has 12 heavy (non-hydrogen) atoms. The second-order valence-electron chi connectivity index (χ2n) is 3.62. The minimum atomic E-state index is -0.614. The van der Waals surface area contributed by atoms with Crippen molar-refractivity contribution in [1.29, 1.82) is 0 Å². The molecule has 0 saturated carbocycles. The first-order chi connectivity index (χ1) is 5.38. The predicted octanol–water partition coefficient (Wildman–Crippen LogP) is 1.72. The lowest BCUT2D eigenvalue weighted by molar-refractivity contribution is -0.165. The summed E-state index contributed by atoms with van der Waals surface area (Å²) in [5.74, 6) is -0.981. The van der Waals surface area contributed by atoms with Gasteiger partial charge in [-0.15, -0.1) is 0 Å². The van der Waals surface area contributed by atoms with Crippen LogP contribution in [0.2, 0.25) is 0 Å². The standard InChI is InChI=1S/C9H15O3/c1-5-6-7(10)12-8(11)9(2,3)4/h1,5-6H2,2-4H3. The lowest BCUT2D eigenvalue weighted by atomic mass is 9.97. The summed E-state index contributed by atoms with van der Waals surface area (Å²) in [6.07, 6.45) is 0.651. The van der Waals surface area contributed by atoms with Crippen LogP contribution < -0.4 is 0 Å². The van der Waals surface area contributed by atoms with E-state index in [1.807, 2.05) is 0 Å². The highest BCUT2D eigenvalue weighted by Gasteiger charge is 2.25. The topological polar surface area (TPSA) is 43.4 Å². The molecule has 0 aromatic rings. The van der Waals surface area contributed by atoms with E-state index in [1.165, 1.54) is 0 Å². The SMILES string of the molecule is [CH2]CCC(=O)OC(=O)C(C)(C)C. The summed E-state index contributed by atoms with van der Waals surface area (Å²) in [7, 11) is 0. The largest absolute Gasteiger partial charge is 0.393 e. The van der Waals surface area contributed by atoms with E-state index in [0.717, 1.165) is 0 Å². The minimum Gasteiger partial charge on any atom is -0.393 e. The fourth-order valence-corrected chi connectivity index (χ4v) is 0.452. The first-order valence-corrected chi connectivity index (χ1v) is 3.92. The zero-order chi connectivity index (χ0) is 9.78. The Hall–Kier alpha value is -0.860. The zero-order valence-electron chi connectivity index (χ0n) is 7.85. The van der Waals surface area contributed by atoms with Crippen molar-refractivity contribution < 1.29 is 14.3 Å². The molecule has 3 nitrogen and oxygen atoms in total. The zero-order valence-corrected chi connectivity index (χ0v) is 7.85. The van der Waals surface area contributed by atoms with Crippen molar-refractivity contribution >= 4 is 11.9 Å². The van der Waals surface area contributed by atoms with Crippen molar-refractivity contribution in [1.82, 2.24) is 0 Å². The van der Waals surface area contributed by atoms with Gasteiger partial charge in [0.15, 0.2) is 0 Å². The summed E-state index contributed by atoms with van der Waals surface area (Å²) in [6.45, 7) is 8.59. The maximum absolute atomic E-state index is 11.1. The van der Waals surface area contributed by atoms with Gasteiger partial charge in [-0.3, -0.25) is 9.59 Å². The molecule has 0 aliphatic heterocycles. The molecule has 0 amide bonds. The van der Waals surface area contributed by atoms with E-state index in [9.17, 15) is 9.59 Å². The maximum Gasteiger partial charge on any atom is 0.318 e. The first kappa shape index (κ1) is 11.1. The molecule has 0 N–H and O–H groups in total. The Morgan fingerprint density at radius 3 is 2.17 bits per heavy atom. The summed E-state index contributed by atoms with van der Waals surface area (Å²) >= 11 is 0. The Morgan fingerprint density at radius 1 is 1.33 bits per heavy atom. The average molecular weight is 171 g/mol. The van der Waals surface area contributed by atoms with Gasteiger partial charge in [0.05, 0.1) is 5.41 Å². The van der Waals surface area contributed by atoms with Gasteiger partial charge in [0.2, 0.25) is 0 Å². The summed E-state index contributed by atoms with van der Waals surface area (Å²) in [5.41, 5.74) is -0.614. The molecule has 3 heteroatoms. The van der Waals surface area contributed by atoms with E-state index in [1.54, 1.807) is 20.8 Å². The van der Waals surface area contributed by atoms with E-state index < -0.39 is 17.4 Å². The van der Waals surface area contributed by atoms with Gasteiger partial charge < -0.3 is 4.74 Å². The predicted molar refractivity (Wildman–Crippen MR) is 45.1 cm³/mol. The summed E-state index contributed by atoms with van der Waals surface area (Å²) in [6, 6.07) is 0. The summed E-state index contributed by atoms with van der Waals surface area (Å²) < 4.78 is 4.54. The van der Waals surface area contributed by atoms with Crippen LogP contribution in [0.5, 0.6) is 0 Å². The first-order valence-electron chi connectivity index (χ1n) is 3.92. The molecule has 0 aliphatic rings. The monoisotopic (exact) mass is 171 g/mol. The van der Waals surface area contributed by atoms with E-state index in [4.69, 9.17) is 0 Å². The molecule has 0 aromatic carbocycles. The molecule has 0 saturated heterocycles. The highest BCUT2D eigenvalue weighted by Crippen LogP contribution is 2.15. The Kier molecular flexibility index (Phi) is 3.93. The molecule has 0 spiro atoms. The smallest absolute Gasteiger partial charge is 0.318 e. The van der Waals surface area contributed by atoms with Gasteiger partial charge in [-0.1, -0.05) is 6.92 Å². The second-order valence-corrected chi connectivity index (χ2v) is 3.62. The summed E-state index contributed by atoms with van der Waals surface area (Å²) in [4.78, 5) is 21.9. The van der Waals surface area contributed by atoms with Gasteiger partial charge in [-0.25, -0.2) is 0 Å². The maximum atomic E-state index is 11.1. The third-order valence-electron chi connectivity index (χ3n) is 1.20. The van der Waals surface area contributed by atoms with Gasteiger partial charge in [0.1, 0.15) is 0 Å². The highest BCUT2D eigenvalue weighted by atomic mass is 16.6. The van der Waals surface area contributed by atoms with Crippen molar-refractivity contribution in [2.45, 2.75) is 33.6 Å². The molecule has 0 atom stereocenters. The van der Waals surface area contributed by atoms with Gasteiger partial charge in [-0.05, 0) is 27.2 Å². The lowest BCUT2D eigenvalue weighted by Gasteiger charge is -2.14. The lowest BCUT2D eigenvalue weighted by Crippen LogP contribution is -2.25. The molecular weight excluding hydrogens is 156 g/mol. The van der Waals surface area contributed by atoms with Crippen molar-refractivity contribution in [3.8, 4) is 0 Å². The van der Waals surface area contributed by atoms with Crippen molar-refractivity contribution in [2.75, 3.05) is 0 Å². The van der Waals surface area contributed by atoms with Crippen LogP contribution in [-0.2, 0) is 14.3 Å². The van der Waals surface area contributed by atoms with E-state index in [-0.39, 0.29) is 6.42 Å².